The van der Waals surface area contributed by atoms with Crippen LogP contribution in [0.2, 0.25) is 0 Å². The second-order valence-electron chi connectivity index (χ2n) is 2.25. The Morgan fingerprint density at radius 1 is 1.69 bits per heavy atom. The summed E-state index contributed by atoms with van der Waals surface area (Å²) in [6.07, 6.45) is 1.13. The summed E-state index contributed by atoms with van der Waals surface area (Å²) in [6, 6.07) is 0.994. The quantitative estimate of drug-likeness (QED) is 0.689. The number of carbonyl (C=O) groups excluding carboxylic acids is 1. The predicted molar refractivity (Wildman–Crippen MR) is 43.0 cm³/mol. The molecule has 1 heterocycles. The first kappa shape index (κ1) is 9.44. The Morgan fingerprint density at radius 2 is 2.38 bits per heavy atom. The van der Waals surface area contributed by atoms with E-state index in [1.165, 1.54) is 0 Å². The third kappa shape index (κ3) is 1.93. The zero-order chi connectivity index (χ0) is 9.84. The summed E-state index contributed by atoms with van der Waals surface area (Å²) < 4.78 is 17.4. The lowest BCUT2D eigenvalue weighted by Gasteiger charge is -2.00. The number of pyridine rings is 1. The van der Waals surface area contributed by atoms with E-state index < -0.39 is 22.9 Å². The van der Waals surface area contributed by atoms with E-state index in [0.29, 0.717) is 0 Å². The maximum absolute atomic E-state index is 12.9. The maximum atomic E-state index is 12.9. The van der Waals surface area contributed by atoms with Gasteiger partial charge in [-0.05, 0) is 13.0 Å². The number of ether oxygens (including phenoxy) is 1. The fraction of sp³-hybridized carbons (Fsp3) is 0.250. The van der Waals surface area contributed by atoms with Crippen LogP contribution in [-0.2, 0) is 4.74 Å². The molecule has 1 aromatic rings. The molecule has 13 heavy (non-hydrogen) atoms. The Morgan fingerprint density at radius 3 is 2.92 bits per heavy atom. The van der Waals surface area contributed by atoms with Crippen molar-refractivity contribution in [3.05, 3.63) is 34.0 Å². The van der Waals surface area contributed by atoms with E-state index in [1.54, 1.807) is 6.92 Å². The van der Waals surface area contributed by atoms with Crippen molar-refractivity contribution < 1.29 is 13.9 Å². The first-order valence-electron chi connectivity index (χ1n) is 3.71. The molecule has 1 rings (SSSR count). The van der Waals surface area contributed by atoms with E-state index >= 15 is 0 Å². The molecule has 70 valence electrons. The van der Waals surface area contributed by atoms with Crippen LogP contribution in [0.25, 0.3) is 0 Å². The van der Waals surface area contributed by atoms with Crippen LogP contribution >= 0.6 is 0 Å². The van der Waals surface area contributed by atoms with E-state index in [2.05, 4.69) is 9.72 Å². The lowest BCUT2D eigenvalue weighted by molar-refractivity contribution is 0.0518. The standard InChI is InChI=1S/C8H8FNO3/c1-2-13-8(12)6-5(9)3-4-10-7(6)11/h3-4H,2H2,1H3,(H,10,11). The van der Waals surface area contributed by atoms with E-state index in [9.17, 15) is 14.0 Å². The van der Waals surface area contributed by atoms with Crippen molar-refractivity contribution in [2.75, 3.05) is 6.61 Å². The fourth-order valence-electron chi connectivity index (χ4n) is 0.848. The number of halogens is 1. The SMILES string of the molecule is CCOC(=O)c1c(F)cc[nH]c1=O. The van der Waals surface area contributed by atoms with Crippen molar-refractivity contribution in [1.82, 2.24) is 4.98 Å². The molecule has 4 nitrogen and oxygen atoms in total. The fourth-order valence-corrected chi connectivity index (χ4v) is 0.848. The highest BCUT2D eigenvalue weighted by Gasteiger charge is 2.16. The van der Waals surface area contributed by atoms with Gasteiger partial charge in [0.05, 0.1) is 6.61 Å². The molecule has 1 N–H and O–H groups in total. The number of aromatic nitrogens is 1. The molecule has 5 heteroatoms. The van der Waals surface area contributed by atoms with Crippen LogP contribution in [0.1, 0.15) is 17.3 Å². The van der Waals surface area contributed by atoms with Crippen molar-refractivity contribution in [2.45, 2.75) is 6.92 Å². The summed E-state index contributed by atoms with van der Waals surface area (Å²) in [5.74, 6) is -1.82. The predicted octanol–water partition coefficient (Wildman–Crippen LogP) is 0.691. The Hall–Kier alpha value is -1.65. The van der Waals surface area contributed by atoms with Gasteiger partial charge in [0, 0.05) is 6.20 Å². The molecule has 0 atom stereocenters. The Labute approximate surface area is 73.3 Å². The van der Waals surface area contributed by atoms with Gasteiger partial charge in [-0.25, -0.2) is 9.18 Å². The summed E-state index contributed by atoms with van der Waals surface area (Å²) in [4.78, 5) is 24.1. The van der Waals surface area contributed by atoms with Gasteiger partial charge in [-0.15, -0.1) is 0 Å². The Balaban J connectivity index is 3.13. The van der Waals surface area contributed by atoms with Gasteiger partial charge in [0.25, 0.3) is 5.56 Å². The van der Waals surface area contributed by atoms with Crippen molar-refractivity contribution in [3.63, 3.8) is 0 Å². The van der Waals surface area contributed by atoms with Crippen molar-refractivity contribution in [2.24, 2.45) is 0 Å². The number of rotatable bonds is 2. The minimum absolute atomic E-state index is 0.104. The van der Waals surface area contributed by atoms with E-state index in [1.807, 2.05) is 0 Å². The number of carbonyl (C=O) groups is 1. The van der Waals surface area contributed by atoms with Gasteiger partial charge in [0.15, 0.2) is 5.56 Å². The smallest absolute Gasteiger partial charge is 0.346 e. The summed E-state index contributed by atoms with van der Waals surface area (Å²) >= 11 is 0. The minimum atomic E-state index is -0.943. The molecule has 0 saturated heterocycles. The molecule has 0 amide bonds. The molecule has 0 spiro atoms. The topological polar surface area (TPSA) is 59.2 Å². The molecule has 0 aliphatic heterocycles. The number of esters is 1. The van der Waals surface area contributed by atoms with Gasteiger partial charge < -0.3 is 9.72 Å². The van der Waals surface area contributed by atoms with Gasteiger partial charge in [-0.3, -0.25) is 4.79 Å². The van der Waals surface area contributed by atoms with Crippen LogP contribution in [0.4, 0.5) is 4.39 Å². The van der Waals surface area contributed by atoms with E-state index in [4.69, 9.17) is 0 Å². The summed E-state index contributed by atoms with van der Waals surface area (Å²) in [7, 11) is 0. The number of aromatic amines is 1. The van der Waals surface area contributed by atoms with Crippen LogP contribution < -0.4 is 5.56 Å². The second kappa shape index (κ2) is 3.84. The van der Waals surface area contributed by atoms with Gasteiger partial charge >= 0.3 is 5.97 Å². The Kier molecular flexibility index (Phi) is 2.79. The molecular formula is C8H8FNO3. The largest absolute Gasteiger partial charge is 0.462 e. The summed E-state index contributed by atoms with van der Waals surface area (Å²) in [6.45, 7) is 1.68. The van der Waals surface area contributed by atoms with Crippen molar-refractivity contribution in [3.8, 4) is 0 Å². The lowest BCUT2D eigenvalue weighted by atomic mass is 10.3. The minimum Gasteiger partial charge on any atom is -0.462 e. The average molecular weight is 185 g/mol. The molecule has 1 aromatic heterocycles. The summed E-state index contributed by atoms with van der Waals surface area (Å²) in [5.41, 5.74) is -1.36. The molecule has 0 aliphatic carbocycles. The van der Waals surface area contributed by atoms with Gasteiger partial charge in [-0.1, -0.05) is 0 Å². The summed E-state index contributed by atoms with van der Waals surface area (Å²) in [5, 5.41) is 0. The molecule has 0 fully saturated rings. The third-order valence-electron chi connectivity index (χ3n) is 1.39. The second-order valence-corrected chi connectivity index (χ2v) is 2.25. The highest BCUT2D eigenvalue weighted by atomic mass is 19.1. The van der Waals surface area contributed by atoms with Gasteiger partial charge in [-0.2, -0.15) is 0 Å². The molecule has 0 aliphatic rings. The van der Waals surface area contributed by atoms with E-state index in [0.717, 1.165) is 12.3 Å². The molecule has 0 unspecified atom stereocenters. The first-order chi connectivity index (χ1) is 6.16. The number of hydrogen-bond donors (Lipinski definition) is 1. The van der Waals surface area contributed by atoms with E-state index in [-0.39, 0.29) is 6.61 Å². The van der Waals surface area contributed by atoms with Crippen LogP contribution in [0.3, 0.4) is 0 Å². The molecule has 0 radical (unpaired) electrons. The first-order valence-corrected chi connectivity index (χ1v) is 3.71. The zero-order valence-corrected chi connectivity index (χ0v) is 6.96. The van der Waals surface area contributed by atoms with Crippen LogP contribution in [0, 0.1) is 5.82 Å². The van der Waals surface area contributed by atoms with Gasteiger partial charge in [0.2, 0.25) is 0 Å². The Bertz CT molecular complexity index is 372. The number of H-pyrrole nitrogens is 1. The van der Waals surface area contributed by atoms with Crippen molar-refractivity contribution >= 4 is 5.97 Å². The molecule has 0 saturated carbocycles. The lowest BCUT2D eigenvalue weighted by Crippen LogP contribution is -2.21. The highest BCUT2D eigenvalue weighted by molar-refractivity contribution is 5.89. The van der Waals surface area contributed by atoms with Crippen molar-refractivity contribution in [1.29, 1.82) is 0 Å². The van der Waals surface area contributed by atoms with Crippen LogP contribution in [0.5, 0.6) is 0 Å². The van der Waals surface area contributed by atoms with Gasteiger partial charge in [0.1, 0.15) is 5.82 Å². The monoisotopic (exact) mass is 185 g/mol. The normalized spacial score (nSPS) is 9.69. The molecule has 0 aromatic carbocycles. The van der Waals surface area contributed by atoms with Crippen LogP contribution in [0.15, 0.2) is 17.1 Å². The molecular weight excluding hydrogens is 177 g/mol. The maximum Gasteiger partial charge on any atom is 0.346 e. The van der Waals surface area contributed by atoms with Crippen LogP contribution in [-0.4, -0.2) is 17.6 Å². The molecule has 0 bridgehead atoms. The third-order valence-corrected chi connectivity index (χ3v) is 1.39. The number of hydrogen-bond acceptors (Lipinski definition) is 3. The zero-order valence-electron chi connectivity index (χ0n) is 6.96. The highest BCUT2D eigenvalue weighted by Crippen LogP contribution is 2.01. The average Bonchev–Trinajstić information content (AvgIpc) is 2.04. The number of nitrogens with one attached hydrogen (secondary N) is 1.